The molecule has 122 valence electrons. The number of halogens is 3. The average molecular weight is 330 g/mol. The zero-order chi connectivity index (χ0) is 16.8. The zero-order valence-corrected chi connectivity index (χ0v) is 13.6. The van der Waals surface area contributed by atoms with Crippen molar-refractivity contribution in [2.45, 2.75) is 31.7 Å². The van der Waals surface area contributed by atoms with Gasteiger partial charge in [0.25, 0.3) is 0 Å². The van der Waals surface area contributed by atoms with Gasteiger partial charge >= 0.3 is 5.51 Å². The van der Waals surface area contributed by atoms with Gasteiger partial charge in [0.2, 0.25) is 0 Å². The Morgan fingerprint density at radius 2 is 2.00 bits per heavy atom. The number of allylic oxidation sites excluding steroid dienone is 1. The summed E-state index contributed by atoms with van der Waals surface area (Å²) in [4.78, 5) is 2.22. The minimum absolute atomic E-state index is 0.0564. The topological polar surface area (TPSA) is 27.0 Å². The summed E-state index contributed by atoms with van der Waals surface area (Å²) in [5.74, 6) is 0. The second-order valence-corrected chi connectivity index (χ2v) is 7.02. The molecule has 1 rings (SSSR count). The number of nitrogens with zero attached hydrogens (tertiary/aromatic N) is 2. The first kappa shape index (κ1) is 18.9. The molecule has 1 fully saturated rings. The van der Waals surface area contributed by atoms with E-state index in [9.17, 15) is 13.2 Å². The van der Waals surface area contributed by atoms with Crippen LogP contribution in [-0.2, 0) is 0 Å². The lowest BCUT2D eigenvalue weighted by Crippen LogP contribution is -2.39. The Labute approximate surface area is 134 Å². The molecule has 0 unspecified atom stereocenters. The van der Waals surface area contributed by atoms with Crippen molar-refractivity contribution in [1.29, 1.82) is 5.26 Å². The lowest BCUT2D eigenvalue weighted by atomic mass is 9.78. The average Bonchev–Trinajstić information content (AvgIpc) is 2.39. The summed E-state index contributed by atoms with van der Waals surface area (Å²) in [5, 5.41) is 8.83. The summed E-state index contributed by atoms with van der Waals surface area (Å²) >= 11 is -0.174. The molecule has 1 aliphatic heterocycles. The molecule has 0 atom stereocenters. The highest BCUT2D eigenvalue weighted by atomic mass is 32.2. The molecule has 2 nitrogen and oxygen atoms in total. The molecule has 0 N–H and O–H groups in total. The highest BCUT2D eigenvalue weighted by Crippen LogP contribution is 2.37. The van der Waals surface area contributed by atoms with E-state index in [1.54, 1.807) is 0 Å². The molecule has 0 amide bonds. The molecule has 0 radical (unpaired) electrons. The predicted molar refractivity (Wildman–Crippen MR) is 85.1 cm³/mol. The van der Waals surface area contributed by atoms with Crippen molar-refractivity contribution in [2.24, 2.45) is 5.41 Å². The Morgan fingerprint density at radius 1 is 1.41 bits per heavy atom. The number of nitriles is 1. The first-order valence-electron chi connectivity index (χ1n) is 7.04. The maximum Gasteiger partial charge on any atom is 0.446 e. The maximum absolute atomic E-state index is 12.4. The summed E-state index contributed by atoms with van der Waals surface area (Å²) in [7, 11) is 0. The maximum atomic E-state index is 12.4. The SMILES string of the molecule is C=C/C(=C\C(=C)CN1CCC(C)(CC#N)CC1)SC(F)(F)F. The van der Waals surface area contributed by atoms with Gasteiger partial charge in [0.05, 0.1) is 6.07 Å². The number of piperidine rings is 1. The molecule has 22 heavy (non-hydrogen) atoms. The van der Waals surface area contributed by atoms with E-state index in [0.29, 0.717) is 18.5 Å². The van der Waals surface area contributed by atoms with Gasteiger partial charge < -0.3 is 0 Å². The number of thioether (sulfide) groups is 1. The molecular weight excluding hydrogens is 309 g/mol. The Kier molecular flexibility index (Phi) is 6.76. The first-order valence-corrected chi connectivity index (χ1v) is 7.86. The molecule has 0 saturated carbocycles. The van der Waals surface area contributed by atoms with Crippen LogP contribution in [0.1, 0.15) is 26.2 Å². The van der Waals surface area contributed by atoms with Crippen LogP contribution < -0.4 is 0 Å². The van der Waals surface area contributed by atoms with Crippen LogP contribution >= 0.6 is 11.8 Å². The van der Waals surface area contributed by atoms with E-state index in [2.05, 4.69) is 31.1 Å². The van der Waals surface area contributed by atoms with Crippen molar-refractivity contribution in [3.63, 3.8) is 0 Å². The van der Waals surface area contributed by atoms with E-state index in [4.69, 9.17) is 5.26 Å². The molecule has 0 spiro atoms. The third kappa shape index (κ3) is 6.71. The van der Waals surface area contributed by atoms with E-state index in [0.717, 1.165) is 25.9 Å². The van der Waals surface area contributed by atoms with Crippen molar-refractivity contribution < 1.29 is 13.2 Å². The van der Waals surface area contributed by atoms with Crippen LogP contribution in [0.5, 0.6) is 0 Å². The van der Waals surface area contributed by atoms with Crippen molar-refractivity contribution in [3.05, 3.63) is 35.8 Å². The van der Waals surface area contributed by atoms with Crippen molar-refractivity contribution >= 4 is 11.8 Å². The fraction of sp³-hybridized carbons (Fsp3) is 0.562. The monoisotopic (exact) mass is 330 g/mol. The van der Waals surface area contributed by atoms with Crippen molar-refractivity contribution in [1.82, 2.24) is 4.90 Å². The third-order valence-electron chi connectivity index (χ3n) is 3.78. The number of hydrogen-bond acceptors (Lipinski definition) is 3. The van der Waals surface area contributed by atoms with Crippen LogP contribution in [-0.4, -0.2) is 30.0 Å². The van der Waals surface area contributed by atoms with Gasteiger partial charge in [-0.05, 0) is 54.8 Å². The molecule has 1 heterocycles. The summed E-state index contributed by atoms with van der Waals surface area (Å²) in [6, 6.07) is 2.22. The predicted octanol–water partition coefficient (Wildman–Crippen LogP) is 4.88. The van der Waals surface area contributed by atoms with Gasteiger partial charge in [0, 0.05) is 17.9 Å². The summed E-state index contributed by atoms with van der Waals surface area (Å²) in [5.41, 5.74) is -3.62. The van der Waals surface area contributed by atoms with Gasteiger partial charge in [-0.3, -0.25) is 4.90 Å². The molecule has 0 bridgehead atoms. The van der Waals surface area contributed by atoms with Crippen LogP contribution in [0.4, 0.5) is 13.2 Å². The standard InChI is InChI=1S/C16H21F3N2S/c1-4-14(22-16(17,18)19)11-13(2)12-21-9-6-15(3,5-8-20)7-10-21/h4,11H,1-2,5-7,9-10,12H2,3H3/b14-11+. The van der Waals surface area contributed by atoms with Crippen LogP contribution in [0, 0.1) is 16.7 Å². The highest BCUT2D eigenvalue weighted by molar-refractivity contribution is 8.04. The third-order valence-corrected chi connectivity index (χ3v) is 4.53. The molecule has 6 heteroatoms. The number of likely N-dealkylation sites (tertiary alicyclic amines) is 1. The van der Waals surface area contributed by atoms with E-state index in [1.165, 1.54) is 12.2 Å². The van der Waals surface area contributed by atoms with Crippen LogP contribution in [0.25, 0.3) is 0 Å². The quantitative estimate of drug-likeness (QED) is 0.649. The molecule has 1 aliphatic rings. The van der Waals surface area contributed by atoms with Crippen molar-refractivity contribution in [2.75, 3.05) is 19.6 Å². The van der Waals surface area contributed by atoms with Gasteiger partial charge in [-0.2, -0.15) is 18.4 Å². The van der Waals surface area contributed by atoms with Gasteiger partial charge in [-0.15, -0.1) is 0 Å². The molecule has 0 aromatic carbocycles. The first-order chi connectivity index (χ1) is 10.2. The lowest BCUT2D eigenvalue weighted by molar-refractivity contribution is -0.0321. The second-order valence-electron chi connectivity index (χ2n) is 5.88. The lowest BCUT2D eigenvalue weighted by Gasteiger charge is -2.38. The molecule has 0 aromatic rings. The molecular formula is C16H21F3N2S. The van der Waals surface area contributed by atoms with Gasteiger partial charge in [0.1, 0.15) is 0 Å². The highest BCUT2D eigenvalue weighted by Gasteiger charge is 2.31. The largest absolute Gasteiger partial charge is 0.446 e. The van der Waals surface area contributed by atoms with Crippen LogP contribution in [0.2, 0.25) is 0 Å². The summed E-state index contributed by atoms with van der Waals surface area (Å²) < 4.78 is 37.1. The number of rotatable bonds is 6. The Bertz CT molecular complexity index is 481. The molecule has 0 aliphatic carbocycles. The normalized spacial score (nSPS) is 19.5. The zero-order valence-electron chi connectivity index (χ0n) is 12.7. The summed E-state index contributed by atoms with van der Waals surface area (Å²) in [6.07, 6.45) is 5.02. The van der Waals surface area contributed by atoms with Crippen LogP contribution in [0.3, 0.4) is 0 Å². The van der Waals surface area contributed by atoms with Crippen LogP contribution in [0.15, 0.2) is 35.8 Å². The van der Waals surface area contributed by atoms with E-state index < -0.39 is 5.51 Å². The van der Waals surface area contributed by atoms with Crippen molar-refractivity contribution in [3.8, 4) is 6.07 Å². The second kappa shape index (κ2) is 7.89. The fourth-order valence-corrected chi connectivity index (χ4v) is 2.99. The smallest absolute Gasteiger partial charge is 0.299 e. The van der Waals surface area contributed by atoms with Gasteiger partial charge in [-0.1, -0.05) is 26.2 Å². The van der Waals surface area contributed by atoms with E-state index >= 15 is 0 Å². The van der Waals surface area contributed by atoms with E-state index in [1.807, 2.05) is 0 Å². The number of alkyl halides is 3. The van der Waals surface area contributed by atoms with Gasteiger partial charge in [0.15, 0.2) is 0 Å². The Balaban J connectivity index is 2.53. The minimum Gasteiger partial charge on any atom is -0.299 e. The fourth-order valence-electron chi connectivity index (χ4n) is 2.42. The Hall–Kier alpha value is -1.19. The molecule has 1 saturated heterocycles. The van der Waals surface area contributed by atoms with Gasteiger partial charge in [-0.25, -0.2) is 0 Å². The minimum atomic E-state index is -4.31. The number of hydrogen-bond donors (Lipinski definition) is 0. The summed E-state index contributed by atoms with van der Waals surface area (Å²) in [6.45, 7) is 11.6. The van der Waals surface area contributed by atoms with E-state index in [-0.39, 0.29) is 22.1 Å². The molecule has 0 aromatic heterocycles. The Morgan fingerprint density at radius 3 is 2.45 bits per heavy atom.